The summed E-state index contributed by atoms with van der Waals surface area (Å²) in [5.74, 6) is 1.68. The summed E-state index contributed by atoms with van der Waals surface area (Å²) < 4.78 is 11.1. The summed E-state index contributed by atoms with van der Waals surface area (Å²) in [7, 11) is 5.82. The molecule has 0 aliphatic carbocycles. The highest BCUT2D eigenvalue weighted by molar-refractivity contribution is 5.84. The van der Waals surface area contributed by atoms with Crippen molar-refractivity contribution >= 4 is 11.0 Å². The molecule has 1 N–H and O–H groups in total. The van der Waals surface area contributed by atoms with Gasteiger partial charge in [0.2, 0.25) is 0 Å². The molecule has 1 saturated heterocycles. The lowest BCUT2D eigenvalue weighted by Gasteiger charge is -2.21. The fraction of sp³-hybridized carbons (Fsp3) is 0.611. The van der Waals surface area contributed by atoms with Gasteiger partial charge in [-0.2, -0.15) is 0 Å². The average molecular weight is 317 g/mol. The number of ether oxygens (including phenoxy) is 1. The molecule has 0 spiro atoms. The topological polar surface area (TPSA) is 50.5 Å². The third-order valence-corrected chi connectivity index (χ3v) is 4.67. The van der Waals surface area contributed by atoms with Gasteiger partial charge < -0.3 is 19.5 Å². The minimum atomic E-state index is 0.801. The molecule has 5 nitrogen and oxygen atoms in total. The van der Waals surface area contributed by atoms with Crippen LogP contribution in [0.25, 0.3) is 11.0 Å². The maximum absolute atomic E-state index is 5.68. The number of benzene rings is 1. The summed E-state index contributed by atoms with van der Waals surface area (Å²) in [6.07, 6.45) is 4.70. The lowest BCUT2D eigenvalue weighted by atomic mass is 9.92. The molecule has 2 aromatic rings. The Balaban J connectivity index is 1.82. The summed E-state index contributed by atoms with van der Waals surface area (Å²) in [6, 6.07) is 4.10. The van der Waals surface area contributed by atoms with Gasteiger partial charge in [0.25, 0.3) is 0 Å². The predicted octanol–water partition coefficient (Wildman–Crippen LogP) is 2.83. The molecule has 1 aliphatic rings. The van der Waals surface area contributed by atoms with Gasteiger partial charge in [-0.3, -0.25) is 0 Å². The minimum absolute atomic E-state index is 0.801. The second kappa shape index (κ2) is 7.32. The molecule has 0 atom stereocenters. The van der Waals surface area contributed by atoms with Crippen LogP contribution in [0, 0.1) is 5.92 Å². The van der Waals surface area contributed by atoms with Crippen LogP contribution in [-0.2, 0) is 13.0 Å². The molecule has 23 heavy (non-hydrogen) atoms. The van der Waals surface area contributed by atoms with E-state index in [2.05, 4.69) is 35.5 Å². The molecule has 0 amide bonds. The van der Waals surface area contributed by atoms with Gasteiger partial charge in [-0.15, -0.1) is 0 Å². The van der Waals surface area contributed by atoms with E-state index in [1.54, 1.807) is 7.11 Å². The fourth-order valence-corrected chi connectivity index (χ4v) is 3.40. The molecule has 126 valence electrons. The number of aromatic nitrogens is 1. The number of hydrogen-bond donors (Lipinski definition) is 1. The van der Waals surface area contributed by atoms with Crippen LogP contribution >= 0.6 is 0 Å². The molecule has 2 heterocycles. The van der Waals surface area contributed by atoms with E-state index in [0.717, 1.165) is 59.9 Å². The molecule has 5 heteroatoms. The van der Waals surface area contributed by atoms with Gasteiger partial charge in [0, 0.05) is 17.5 Å². The van der Waals surface area contributed by atoms with Crippen LogP contribution < -0.4 is 10.1 Å². The van der Waals surface area contributed by atoms with E-state index in [-0.39, 0.29) is 0 Å². The first-order chi connectivity index (χ1) is 11.2. The second-order valence-electron chi connectivity index (χ2n) is 6.76. The van der Waals surface area contributed by atoms with Crippen molar-refractivity contribution in [2.45, 2.75) is 32.2 Å². The third kappa shape index (κ3) is 3.85. The lowest BCUT2D eigenvalue weighted by molar-refractivity contribution is 0.350. The summed E-state index contributed by atoms with van der Waals surface area (Å²) >= 11 is 0. The van der Waals surface area contributed by atoms with Crippen LogP contribution in [0.5, 0.6) is 5.75 Å². The van der Waals surface area contributed by atoms with Crippen molar-refractivity contribution in [2.75, 3.05) is 34.3 Å². The van der Waals surface area contributed by atoms with Crippen LogP contribution in [0.3, 0.4) is 0 Å². The first kappa shape index (κ1) is 16.3. The SMILES string of the molecule is COc1cc(CN(C)C)c2onc(CCC3CCNCC3)c2c1. The number of fused-ring (bicyclic) bond motifs is 1. The Morgan fingerprint density at radius 1 is 1.30 bits per heavy atom. The van der Waals surface area contributed by atoms with Gasteiger partial charge in [-0.05, 0) is 70.9 Å². The van der Waals surface area contributed by atoms with Crippen LogP contribution in [0.4, 0.5) is 0 Å². The second-order valence-corrected chi connectivity index (χ2v) is 6.76. The molecule has 0 saturated carbocycles. The van der Waals surface area contributed by atoms with Crippen LogP contribution in [0.1, 0.15) is 30.5 Å². The monoisotopic (exact) mass is 317 g/mol. The van der Waals surface area contributed by atoms with Crippen molar-refractivity contribution in [3.8, 4) is 5.75 Å². The standard InChI is InChI=1S/C18H27N3O2/c1-21(2)12-14-10-15(22-3)11-16-17(20-23-18(14)16)5-4-13-6-8-19-9-7-13/h10-11,13,19H,4-9,12H2,1-3H3. The maximum atomic E-state index is 5.68. The largest absolute Gasteiger partial charge is 0.497 e. The number of aryl methyl sites for hydroxylation is 1. The summed E-state index contributed by atoms with van der Waals surface area (Å²) in [5.41, 5.74) is 3.10. The van der Waals surface area contributed by atoms with Crippen molar-refractivity contribution in [1.29, 1.82) is 0 Å². The predicted molar refractivity (Wildman–Crippen MR) is 91.9 cm³/mol. The Labute approximate surface area is 138 Å². The van der Waals surface area contributed by atoms with E-state index >= 15 is 0 Å². The van der Waals surface area contributed by atoms with Gasteiger partial charge in [-0.1, -0.05) is 5.16 Å². The molecule has 0 bridgehead atoms. The van der Waals surface area contributed by atoms with Gasteiger partial charge in [-0.25, -0.2) is 0 Å². The number of rotatable bonds is 6. The van der Waals surface area contributed by atoms with E-state index < -0.39 is 0 Å². The quantitative estimate of drug-likeness (QED) is 0.888. The fourth-order valence-electron chi connectivity index (χ4n) is 3.40. The highest BCUT2D eigenvalue weighted by Crippen LogP contribution is 2.30. The molecule has 0 radical (unpaired) electrons. The highest BCUT2D eigenvalue weighted by Gasteiger charge is 2.18. The number of nitrogens with zero attached hydrogens (tertiary/aromatic N) is 2. The van der Waals surface area contributed by atoms with E-state index in [9.17, 15) is 0 Å². The van der Waals surface area contributed by atoms with Gasteiger partial charge in [0.05, 0.1) is 12.8 Å². The molecule has 3 rings (SSSR count). The van der Waals surface area contributed by atoms with Crippen molar-refractivity contribution < 1.29 is 9.26 Å². The first-order valence-corrected chi connectivity index (χ1v) is 8.48. The Bertz CT molecular complexity index is 645. The van der Waals surface area contributed by atoms with Crippen LogP contribution in [0.2, 0.25) is 0 Å². The van der Waals surface area contributed by atoms with Crippen molar-refractivity contribution in [2.24, 2.45) is 5.92 Å². The Kier molecular flexibility index (Phi) is 5.18. The van der Waals surface area contributed by atoms with E-state index in [4.69, 9.17) is 9.26 Å². The molecular formula is C18H27N3O2. The highest BCUT2D eigenvalue weighted by atomic mass is 16.5. The number of nitrogens with one attached hydrogen (secondary N) is 1. The number of piperidine rings is 1. The third-order valence-electron chi connectivity index (χ3n) is 4.67. The molecule has 0 unspecified atom stereocenters. The van der Waals surface area contributed by atoms with E-state index in [1.807, 2.05) is 6.07 Å². The zero-order chi connectivity index (χ0) is 16.2. The zero-order valence-corrected chi connectivity index (χ0v) is 14.4. The molecule has 1 aromatic carbocycles. The van der Waals surface area contributed by atoms with Crippen molar-refractivity contribution in [3.63, 3.8) is 0 Å². The smallest absolute Gasteiger partial charge is 0.171 e. The molecular weight excluding hydrogens is 290 g/mol. The lowest BCUT2D eigenvalue weighted by Crippen LogP contribution is -2.27. The van der Waals surface area contributed by atoms with Gasteiger partial charge in [0.1, 0.15) is 5.75 Å². The van der Waals surface area contributed by atoms with Gasteiger partial charge >= 0.3 is 0 Å². The Morgan fingerprint density at radius 2 is 2.09 bits per heavy atom. The number of methoxy groups -OCH3 is 1. The minimum Gasteiger partial charge on any atom is -0.497 e. The summed E-state index contributed by atoms with van der Waals surface area (Å²) in [6.45, 7) is 3.10. The van der Waals surface area contributed by atoms with Crippen LogP contribution in [0.15, 0.2) is 16.7 Å². The Hall–Kier alpha value is -1.59. The van der Waals surface area contributed by atoms with E-state index in [0.29, 0.717) is 0 Å². The number of hydrogen-bond acceptors (Lipinski definition) is 5. The van der Waals surface area contributed by atoms with Crippen molar-refractivity contribution in [1.82, 2.24) is 15.4 Å². The van der Waals surface area contributed by atoms with Crippen LogP contribution in [-0.4, -0.2) is 44.4 Å². The average Bonchev–Trinajstić information content (AvgIpc) is 2.96. The summed E-state index contributed by atoms with van der Waals surface area (Å²) in [5, 5.41) is 8.89. The maximum Gasteiger partial charge on any atom is 0.171 e. The van der Waals surface area contributed by atoms with E-state index in [1.165, 1.54) is 19.3 Å². The molecule has 1 aliphatic heterocycles. The zero-order valence-electron chi connectivity index (χ0n) is 14.4. The van der Waals surface area contributed by atoms with Gasteiger partial charge in [0.15, 0.2) is 5.58 Å². The first-order valence-electron chi connectivity index (χ1n) is 8.48. The Morgan fingerprint density at radius 3 is 2.78 bits per heavy atom. The normalized spacial score (nSPS) is 16.3. The summed E-state index contributed by atoms with van der Waals surface area (Å²) in [4.78, 5) is 2.13. The van der Waals surface area contributed by atoms with Crippen molar-refractivity contribution in [3.05, 3.63) is 23.4 Å². The molecule has 1 fully saturated rings. The molecule has 1 aromatic heterocycles.